The van der Waals surface area contributed by atoms with Crippen molar-refractivity contribution >= 4 is 6.47 Å². The van der Waals surface area contributed by atoms with E-state index in [1.807, 2.05) is 0 Å². The lowest BCUT2D eigenvalue weighted by molar-refractivity contribution is -0.126. The first kappa shape index (κ1) is 16.3. The van der Waals surface area contributed by atoms with Crippen LogP contribution in [-0.4, -0.2) is 45.8 Å². The van der Waals surface area contributed by atoms with Gasteiger partial charge in [-0.25, -0.2) is 0 Å². The lowest BCUT2D eigenvalue weighted by atomic mass is 9.99. The molecule has 0 amide bonds. The average Bonchev–Trinajstić information content (AvgIpc) is 2.52. The molecule has 0 saturated heterocycles. The third kappa shape index (κ3) is 4.13. The summed E-state index contributed by atoms with van der Waals surface area (Å²) < 4.78 is 14.5. The smallest absolute Gasteiger partial charge is 0.292 e. The zero-order chi connectivity index (χ0) is 15.0. The van der Waals surface area contributed by atoms with E-state index in [2.05, 4.69) is 28.7 Å². The van der Waals surface area contributed by atoms with E-state index in [9.17, 15) is 0 Å². The Labute approximate surface area is 120 Å². The molecule has 0 aliphatic carbocycles. The van der Waals surface area contributed by atoms with Gasteiger partial charge in [0, 0.05) is 13.1 Å². The van der Waals surface area contributed by atoms with Crippen LogP contribution in [-0.2, 0) is 22.5 Å². The van der Waals surface area contributed by atoms with Gasteiger partial charge in [-0.1, -0.05) is 6.92 Å². The molecule has 0 bridgehead atoms. The molecular formula is C15H23NO4. The maximum absolute atomic E-state index is 8.95. The highest BCUT2D eigenvalue weighted by Gasteiger charge is 2.17. The van der Waals surface area contributed by atoms with Crippen molar-refractivity contribution in [1.29, 1.82) is 0 Å². The third-order valence-corrected chi connectivity index (χ3v) is 3.34. The second kappa shape index (κ2) is 8.43. The van der Waals surface area contributed by atoms with Crippen LogP contribution in [0.2, 0.25) is 0 Å². The van der Waals surface area contributed by atoms with Crippen LogP contribution in [0.25, 0.3) is 0 Å². The molecule has 1 heterocycles. The van der Waals surface area contributed by atoms with E-state index in [0.717, 1.165) is 37.6 Å². The fraction of sp³-hybridized carbons (Fsp3) is 0.533. The number of likely N-dealkylation sites (N-methyl/N-ethyl adjacent to an activating group) is 1. The fourth-order valence-electron chi connectivity index (χ4n) is 2.21. The number of hydrogen-bond acceptors (Lipinski definition) is 5. The molecule has 0 unspecified atom stereocenters. The van der Waals surface area contributed by atoms with E-state index < -0.39 is 0 Å². The Morgan fingerprint density at radius 3 is 2.15 bits per heavy atom. The Balaban J connectivity index is 0.000000444. The molecule has 112 valence electrons. The molecule has 1 aromatic carbocycles. The first-order valence-electron chi connectivity index (χ1n) is 6.62. The van der Waals surface area contributed by atoms with Crippen molar-refractivity contribution < 1.29 is 19.0 Å². The van der Waals surface area contributed by atoms with Gasteiger partial charge in [0.25, 0.3) is 6.47 Å². The Morgan fingerprint density at radius 2 is 1.70 bits per heavy atom. The molecule has 0 N–H and O–H groups in total. The topological polar surface area (TPSA) is 48.0 Å². The van der Waals surface area contributed by atoms with Gasteiger partial charge < -0.3 is 14.2 Å². The van der Waals surface area contributed by atoms with E-state index in [1.165, 1.54) is 18.2 Å². The van der Waals surface area contributed by atoms with Gasteiger partial charge in [-0.05, 0) is 36.2 Å². The molecular weight excluding hydrogens is 258 g/mol. The minimum Gasteiger partial charge on any atom is -0.493 e. The molecule has 1 aliphatic heterocycles. The second-order valence-electron chi connectivity index (χ2n) is 4.43. The molecule has 1 aliphatic rings. The quantitative estimate of drug-likeness (QED) is 0.789. The summed E-state index contributed by atoms with van der Waals surface area (Å²) in [5, 5.41) is 0. The second-order valence-corrected chi connectivity index (χ2v) is 4.43. The van der Waals surface area contributed by atoms with Gasteiger partial charge in [0.15, 0.2) is 11.5 Å². The van der Waals surface area contributed by atoms with Crippen molar-refractivity contribution in [2.24, 2.45) is 0 Å². The van der Waals surface area contributed by atoms with Crippen molar-refractivity contribution in [2.75, 3.05) is 34.4 Å². The van der Waals surface area contributed by atoms with E-state index >= 15 is 0 Å². The van der Waals surface area contributed by atoms with Crippen molar-refractivity contribution in [2.45, 2.75) is 19.9 Å². The molecule has 5 heteroatoms. The lowest BCUT2D eigenvalue weighted by Gasteiger charge is -2.28. The van der Waals surface area contributed by atoms with Crippen molar-refractivity contribution in [3.05, 3.63) is 23.3 Å². The number of carbonyl (C=O) groups excluding carboxylic acids is 1. The zero-order valence-electron chi connectivity index (χ0n) is 12.6. The monoisotopic (exact) mass is 281 g/mol. The van der Waals surface area contributed by atoms with Gasteiger partial charge in [-0.2, -0.15) is 0 Å². The molecule has 0 saturated carbocycles. The zero-order valence-corrected chi connectivity index (χ0v) is 12.6. The van der Waals surface area contributed by atoms with Crippen LogP contribution in [0.4, 0.5) is 0 Å². The van der Waals surface area contributed by atoms with Crippen LogP contribution >= 0.6 is 0 Å². The molecule has 1 aromatic rings. The standard InChI is InChI=1S/C13H19NO2.C2H4O2/c1-4-14-6-5-10-7-12(15-2)13(16-3)8-11(10)9-14;1-4-2-3/h7-8H,4-6,9H2,1-3H3;2H,1H3. The Kier molecular flexibility index (Phi) is 6.87. The largest absolute Gasteiger partial charge is 0.493 e. The maximum atomic E-state index is 8.95. The van der Waals surface area contributed by atoms with Crippen LogP contribution in [0.5, 0.6) is 11.5 Å². The van der Waals surface area contributed by atoms with Gasteiger partial charge >= 0.3 is 0 Å². The average molecular weight is 281 g/mol. The number of carbonyl (C=O) groups is 1. The molecule has 0 fully saturated rings. The number of rotatable bonds is 4. The predicted octanol–water partition coefficient (Wildman–Crippen LogP) is 1.87. The van der Waals surface area contributed by atoms with Crippen molar-refractivity contribution in [3.63, 3.8) is 0 Å². The van der Waals surface area contributed by atoms with E-state index in [-0.39, 0.29) is 0 Å². The van der Waals surface area contributed by atoms with Gasteiger partial charge in [0.2, 0.25) is 0 Å². The highest BCUT2D eigenvalue weighted by atomic mass is 16.5. The SMILES string of the molecule is CCN1CCc2cc(OC)c(OC)cc2C1.COC=O. The summed E-state index contributed by atoms with van der Waals surface area (Å²) in [6, 6.07) is 4.22. The summed E-state index contributed by atoms with van der Waals surface area (Å²) in [5.74, 6) is 1.67. The van der Waals surface area contributed by atoms with Crippen LogP contribution in [0.15, 0.2) is 12.1 Å². The Hall–Kier alpha value is -1.75. The molecule has 2 rings (SSSR count). The number of benzene rings is 1. The lowest BCUT2D eigenvalue weighted by Crippen LogP contribution is -2.30. The van der Waals surface area contributed by atoms with E-state index in [0.29, 0.717) is 6.47 Å². The van der Waals surface area contributed by atoms with Gasteiger partial charge in [0.1, 0.15) is 0 Å². The summed E-state index contributed by atoms with van der Waals surface area (Å²) >= 11 is 0. The molecule has 0 radical (unpaired) electrons. The number of methoxy groups -OCH3 is 3. The normalized spacial score (nSPS) is 13.6. The third-order valence-electron chi connectivity index (χ3n) is 3.34. The Bertz CT molecular complexity index is 434. The minimum absolute atomic E-state index is 0.375. The summed E-state index contributed by atoms with van der Waals surface area (Å²) in [4.78, 5) is 11.4. The van der Waals surface area contributed by atoms with Gasteiger partial charge in [-0.3, -0.25) is 9.69 Å². The Morgan fingerprint density at radius 1 is 1.15 bits per heavy atom. The van der Waals surface area contributed by atoms with Crippen LogP contribution < -0.4 is 9.47 Å². The molecule has 5 nitrogen and oxygen atoms in total. The van der Waals surface area contributed by atoms with Crippen LogP contribution in [0.1, 0.15) is 18.1 Å². The highest BCUT2D eigenvalue weighted by Crippen LogP contribution is 2.33. The fourth-order valence-corrected chi connectivity index (χ4v) is 2.21. The number of hydrogen-bond donors (Lipinski definition) is 0. The van der Waals surface area contributed by atoms with Crippen LogP contribution in [0.3, 0.4) is 0 Å². The summed E-state index contributed by atoms with van der Waals surface area (Å²) in [6.45, 7) is 5.84. The highest BCUT2D eigenvalue weighted by molar-refractivity contribution is 5.48. The van der Waals surface area contributed by atoms with E-state index in [1.54, 1.807) is 14.2 Å². The number of fused-ring (bicyclic) bond motifs is 1. The predicted molar refractivity (Wildman–Crippen MR) is 77.3 cm³/mol. The van der Waals surface area contributed by atoms with E-state index in [4.69, 9.17) is 14.3 Å². The first-order chi connectivity index (χ1) is 9.69. The number of nitrogens with zero attached hydrogens (tertiary/aromatic N) is 1. The van der Waals surface area contributed by atoms with Gasteiger partial charge in [0.05, 0.1) is 21.3 Å². The van der Waals surface area contributed by atoms with Gasteiger partial charge in [-0.15, -0.1) is 0 Å². The molecule has 20 heavy (non-hydrogen) atoms. The van der Waals surface area contributed by atoms with Crippen LogP contribution in [0, 0.1) is 0 Å². The summed E-state index contributed by atoms with van der Waals surface area (Å²) in [6.07, 6.45) is 1.10. The van der Waals surface area contributed by atoms with Crippen molar-refractivity contribution in [3.8, 4) is 11.5 Å². The first-order valence-corrected chi connectivity index (χ1v) is 6.62. The summed E-state index contributed by atoms with van der Waals surface area (Å²) in [5.41, 5.74) is 2.76. The molecule has 0 aromatic heterocycles. The molecule has 0 atom stereocenters. The van der Waals surface area contributed by atoms with Crippen molar-refractivity contribution in [1.82, 2.24) is 4.90 Å². The minimum atomic E-state index is 0.375. The molecule has 0 spiro atoms. The number of ether oxygens (including phenoxy) is 3. The maximum Gasteiger partial charge on any atom is 0.292 e. The summed E-state index contributed by atoms with van der Waals surface area (Å²) in [7, 11) is 4.68.